The van der Waals surface area contributed by atoms with Crippen molar-refractivity contribution in [3.8, 4) is 0 Å². The number of hydrogen-bond acceptors (Lipinski definition) is 1. The number of alkyl halides is 1. The van der Waals surface area contributed by atoms with Gasteiger partial charge in [0.1, 0.15) is 5.82 Å². The third-order valence-electron chi connectivity index (χ3n) is 2.35. The first-order chi connectivity index (χ1) is 7.22. The standard InChI is InChI=1S/C11H11BrFNO/c12-6-8(15)7-14-5-4-9-10(13)2-1-3-11(9)14/h1-5,8,15H,6-7H2. The van der Waals surface area contributed by atoms with Gasteiger partial charge in [0, 0.05) is 23.5 Å². The Morgan fingerprint density at radius 2 is 2.20 bits per heavy atom. The van der Waals surface area contributed by atoms with Gasteiger partial charge in [0.15, 0.2) is 0 Å². The van der Waals surface area contributed by atoms with Crippen molar-refractivity contribution in [3.63, 3.8) is 0 Å². The maximum absolute atomic E-state index is 13.3. The maximum atomic E-state index is 13.3. The van der Waals surface area contributed by atoms with Crippen LogP contribution in [0.15, 0.2) is 30.5 Å². The summed E-state index contributed by atoms with van der Waals surface area (Å²) in [7, 11) is 0. The second kappa shape index (κ2) is 4.33. The van der Waals surface area contributed by atoms with Gasteiger partial charge in [-0.05, 0) is 18.2 Å². The summed E-state index contributed by atoms with van der Waals surface area (Å²) < 4.78 is 15.2. The molecule has 0 saturated heterocycles. The van der Waals surface area contributed by atoms with Crippen LogP contribution in [0.1, 0.15) is 0 Å². The van der Waals surface area contributed by atoms with Crippen molar-refractivity contribution >= 4 is 26.8 Å². The van der Waals surface area contributed by atoms with Gasteiger partial charge in [-0.25, -0.2) is 4.39 Å². The summed E-state index contributed by atoms with van der Waals surface area (Å²) in [5.41, 5.74) is 0.815. The molecular formula is C11H11BrFNO. The predicted octanol–water partition coefficient (Wildman–Crippen LogP) is 2.54. The van der Waals surface area contributed by atoms with Gasteiger partial charge in [-0.2, -0.15) is 0 Å². The molecule has 2 rings (SSSR count). The Bertz CT molecular complexity index is 469. The SMILES string of the molecule is OC(CBr)Cn1ccc2c(F)cccc21. The molecule has 1 heterocycles. The lowest BCUT2D eigenvalue weighted by molar-refractivity contribution is 0.181. The van der Waals surface area contributed by atoms with Crippen LogP contribution in [0.3, 0.4) is 0 Å². The largest absolute Gasteiger partial charge is 0.390 e. The number of aliphatic hydroxyl groups excluding tert-OH is 1. The van der Waals surface area contributed by atoms with E-state index in [-0.39, 0.29) is 5.82 Å². The zero-order valence-corrected chi connectivity index (χ0v) is 9.61. The molecule has 1 N–H and O–H groups in total. The smallest absolute Gasteiger partial charge is 0.132 e. The fourth-order valence-corrected chi connectivity index (χ4v) is 1.83. The molecule has 4 heteroatoms. The van der Waals surface area contributed by atoms with Crippen LogP contribution < -0.4 is 0 Å². The number of rotatable bonds is 3. The Balaban J connectivity index is 2.41. The number of hydrogen-bond donors (Lipinski definition) is 1. The number of nitrogens with zero attached hydrogens (tertiary/aromatic N) is 1. The van der Waals surface area contributed by atoms with E-state index in [1.807, 2.05) is 10.6 Å². The summed E-state index contributed by atoms with van der Waals surface area (Å²) in [6, 6.07) is 6.69. The Hall–Kier alpha value is -0.870. The molecule has 0 aliphatic carbocycles. The van der Waals surface area contributed by atoms with Crippen LogP contribution in [0.2, 0.25) is 0 Å². The quantitative estimate of drug-likeness (QED) is 0.853. The van der Waals surface area contributed by atoms with Crippen LogP contribution in [0.4, 0.5) is 4.39 Å². The molecule has 0 bridgehead atoms. The molecule has 0 saturated carbocycles. The molecule has 15 heavy (non-hydrogen) atoms. The fourth-order valence-electron chi connectivity index (χ4n) is 1.62. The molecule has 1 unspecified atom stereocenters. The molecule has 0 aliphatic heterocycles. The second-order valence-corrected chi connectivity index (χ2v) is 4.10. The molecule has 2 nitrogen and oxygen atoms in total. The summed E-state index contributed by atoms with van der Waals surface area (Å²) in [6.45, 7) is 0.470. The number of halogens is 2. The lowest BCUT2D eigenvalue weighted by atomic mass is 10.2. The Labute approximate surface area is 95.5 Å². The fraction of sp³-hybridized carbons (Fsp3) is 0.273. The Kier molecular flexibility index (Phi) is 3.07. The Morgan fingerprint density at radius 1 is 1.40 bits per heavy atom. The highest BCUT2D eigenvalue weighted by molar-refractivity contribution is 9.09. The molecular weight excluding hydrogens is 261 g/mol. The van der Waals surface area contributed by atoms with Gasteiger partial charge in [-0.1, -0.05) is 22.0 Å². The van der Waals surface area contributed by atoms with Crippen molar-refractivity contribution in [2.45, 2.75) is 12.6 Å². The van der Waals surface area contributed by atoms with Crippen molar-refractivity contribution in [2.24, 2.45) is 0 Å². The molecule has 80 valence electrons. The molecule has 0 fully saturated rings. The van der Waals surface area contributed by atoms with Crippen molar-refractivity contribution in [1.82, 2.24) is 4.57 Å². The lowest BCUT2D eigenvalue weighted by Crippen LogP contribution is -2.16. The van der Waals surface area contributed by atoms with Gasteiger partial charge in [-0.3, -0.25) is 0 Å². The number of aromatic nitrogens is 1. The van der Waals surface area contributed by atoms with Crippen molar-refractivity contribution < 1.29 is 9.50 Å². The average molecular weight is 272 g/mol. The molecule has 2 aromatic rings. The van der Waals surface area contributed by atoms with E-state index in [4.69, 9.17) is 0 Å². The highest BCUT2D eigenvalue weighted by Gasteiger charge is 2.08. The monoisotopic (exact) mass is 271 g/mol. The van der Waals surface area contributed by atoms with Gasteiger partial charge in [0.05, 0.1) is 11.6 Å². The predicted molar refractivity (Wildman–Crippen MR) is 61.7 cm³/mol. The van der Waals surface area contributed by atoms with Crippen molar-refractivity contribution in [1.29, 1.82) is 0 Å². The molecule has 0 amide bonds. The first-order valence-corrected chi connectivity index (χ1v) is 5.82. The van der Waals surface area contributed by atoms with Crippen LogP contribution in [0, 0.1) is 5.82 Å². The van der Waals surface area contributed by atoms with Crippen molar-refractivity contribution in [2.75, 3.05) is 5.33 Å². The highest BCUT2D eigenvalue weighted by atomic mass is 79.9. The molecule has 0 aliphatic rings. The first kappa shape index (κ1) is 10.6. The number of benzene rings is 1. The van der Waals surface area contributed by atoms with Crippen molar-refractivity contribution in [3.05, 3.63) is 36.3 Å². The number of fused-ring (bicyclic) bond motifs is 1. The molecule has 1 aromatic carbocycles. The normalized spacial score (nSPS) is 13.3. The summed E-state index contributed by atoms with van der Waals surface area (Å²) in [5.74, 6) is -0.223. The van der Waals surface area contributed by atoms with E-state index < -0.39 is 6.10 Å². The molecule has 1 aromatic heterocycles. The van der Waals surface area contributed by atoms with E-state index in [2.05, 4.69) is 15.9 Å². The Morgan fingerprint density at radius 3 is 2.93 bits per heavy atom. The van der Waals surface area contributed by atoms with E-state index in [9.17, 15) is 9.50 Å². The van der Waals surface area contributed by atoms with Crippen LogP contribution in [-0.4, -0.2) is 21.1 Å². The van der Waals surface area contributed by atoms with E-state index in [0.717, 1.165) is 5.52 Å². The van der Waals surface area contributed by atoms with Gasteiger partial charge in [-0.15, -0.1) is 0 Å². The maximum Gasteiger partial charge on any atom is 0.132 e. The zero-order valence-electron chi connectivity index (χ0n) is 8.03. The van der Waals surface area contributed by atoms with Gasteiger partial charge in [0.2, 0.25) is 0 Å². The average Bonchev–Trinajstić information content (AvgIpc) is 2.63. The minimum atomic E-state index is -0.455. The lowest BCUT2D eigenvalue weighted by Gasteiger charge is -2.09. The van der Waals surface area contributed by atoms with E-state index >= 15 is 0 Å². The van der Waals surface area contributed by atoms with Gasteiger partial charge < -0.3 is 9.67 Å². The summed E-state index contributed by atoms with van der Waals surface area (Å²) in [5, 5.41) is 10.6. The van der Waals surface area contributed by atoms with E-state index in [1.165, 1.54) is 6.07 Å². The second-order valence-electron chi connectivity index (χ2n) is 3.45. The van der Waals surface area contributed by atoms with E-state index in [1.54, 1.807) is 18.3 Å². The highest BCUT2D eigenvalue weighted by Crippen LogP contribution is 2.19. The van der Waals surface area contributed by atoms with Gasteiger partial charge >= 0.3 is 0 Å². The van der Waals surface area contributed by atoms with Gasteiger partial charge in [0.25, 0.3) is 0 Å². The third-order valence-corrected chi connectivity index (χ3v) is 3.09. The van der Waals surface area contributed by atoms with E-state index in [0.29, 0.717) is 17.3 Å². The minimum absolute atomic E-state index is 0.223. The van der Waals surface area contributed by atoms with Crippen LogP contribution >= 0.6 is 15.9 Å². The minimum Gasteiger partial charge on any atom is -0.390 e. The van der Waals surface area contributed by atoms with Crippen LogP contribution in [0.25, 0.3) is 10.9 Å². The summed E-state index contributed by atoms with van der Waals surface area (Å²) >= 11 is 3.20. The molecule has 0 radical (unpaired) electrons. The van der Waals surface area contributed by atoms with Crippen LogP contribution in [-0.2, 0) is 6.54 Å². The summed E-state index contributed by atoms with van der Waals surface area (Å²) in [6.07, 6.45) is 1.34. The topological polar surface area (TPSA) is 25.2 Å². The zero-order chi connectivity index (χ0) is 10.8. The first-order valence-electron chi connectivity index (χ1n) is 4.69. The third kappa shape index (κ3) is 2.06. The number of aliphatic hydroxyl groups is 1. The molecule has 0 spiro atoms. The molecule has 1 atom stereocenters. The summed E-state index contributed by atoms with van der Waals surface area (Å²) in [4.78, 5) is 0. The van der Waals surface area contributed by atoms with Crippen LogP contribution in [0.5, 0.6) is 0 Å².